The normalized spacial score (nSPS) is 22.5. The summed E-state index contributed by atoms with van der Waals surface area (Å²) in [4.78, 5) is 12.4. The van der Waals surface area contributed by atoms with Crippen molar-refractivity contribution in [2.24, 2.45) is 7.05 Å². The van der Waals surface area contributed by atoms with Gasteiger partial charge in [-0.05, 0) is 51.3 Å². The Morgan fingerprint density at radius 2 is 1.89 bits per heavy atom. The fourth-order valence-corrected chi connectivity index (χ4v) is 5.19. The van der Waals surface area contributed by atoms with Crippen molar-refractivity contribution in [3.63, 3.8) is 0 Å². The van der Waals surface area contributed by atoms with Gasteiger partial charge in [-0.3, -0.25) is 9.48 Å². The van der Waals surface area contributed by atoms with E-state index in [1.807, 2.05) is 26.0 Å². The minimum absolute atomic E-state index is 0.0118. The molecule has 1 amide bonds. The van der Waals surface area contributed by atoms with Gasteiger partial charge in [0.25, 0.3) is 5.91 Å². The van der Waals surface area contributed by atoms with Crippen molar-refractivity contribution in [2.45, 2.75) is 51.4 Å². The molecule has 0 saturated carbocycles. The Labute approximate surface area is 160 Å². The summed E-state index contributed by atoms with van der Waals surface area (Å²) >= 11 is 0. The molecular weight excluding hydrogens is 364 g/mol. The number of carbonyl (C=O) groups excluding carboxylic acids is 1. The maximum Gasteiger partial charge on any atom is 0.256 e. The van der Waals surface area contributed by atoms with Crippen molar-refractivity contribution in [3.05, 3.63) is 47.2 Å². The van der Waals surface area contributed by atoms with Crippen LogP contribution in [-0.4, -0.2) is 39.7 Å². The van der Waals surface area contributed by atoms with E-state index in [-0.39, 0.29) is 17.2 Å². The molecule has 146 valence electrons. The fraction of sp³-hybridized carbons (Fsp3) is 0.474. The molecule has 3 rings (SSSR count). The molecule has 8 heteroatoms. The summed E-state index contributed by atoms with van der Waals surface area (Å²) in [7, 11) is -1.50. The van der Waals surface area contributed by atoms with E-state index in [0.29, 0.717) is 24.3 Å². The van der Waals surface area contributed by atoms with E-state index in [1.54, 1.807) is 41.2 Å². The Kier molecular flexibility index (Phi) is 5.39. The number of rotatable bonds is 4. The summed E-state index contributed by atoms with van der Waals surface area (Å²) in [6.07, 6.45) is 1.57. The molecule has 1 unspecified atom stereocenters. The van der Waals surface area contributed by atoms with Gasteiger partial charge in [-0.15, -0.1) is 0 Å². The van der Waals surface area contributed by atoms with E-state index in [4.69, 9.17) is 0 Å². The van der Waals surface area contributed by atoms with Gasteiger partial charge >= 0.3 is 0 Å². The lowest BCUT2D eigenvalue weighted by atomic mass is 10.1. The quantitative estimate of drug-likeness (QED) is 0.870. The molecule has 2 atom stereocenters. The van der Waals surface area contributed by atoms with Gasteiger partial charge in [0.2, 0.25) is 10.0 Å². The van der Waals surface area contributed by atoms with Crippen LogP contribution >= 0.6 is 0 Å². The molecule has 27 heavy (non-hydrogen) atoms. The Morgan fingerprint density at radius 1 is 1.22 bits per heavy atom. The van der Waals surface area contributed by atoms with Crippen LogP contribution < -0.4 is 5.32 Å². The molecule has 1 aromatic heterocycles. The molecule has 2 aromatic rings. The number of aromatic nitrogens is 2. The summed E-state index contributed by atoms with van der Waals surface area (Å²) in [5.74, 6) is 0.404. The van der Waals surface area contributed by atoms with Crippen LogP contribution in [0.1, 0.15) is 48.3 Å². The predicted octanol–water partition coefficient (Wildman–Crippen LogP) is 2.68. The maximum absolute atomic E-state index is 12.6. The maximum atomic E-state index is 12.6. The van der Waals surface area contributed by atoms with E-state index in [0.717, 1.165) is 17.7 Å². The summed E-state index contributed by atoms with van der Waals surface area (Å²) in [5.41, 5.74) is 2.21. The van der Waals surface area contributed by atoms with E-state index in [1.165, 1.54) is 0 Å². The Bertz CT molecular complexity index is 934. The number of nitrogens with zero attached hydrogens (tertiary/aromatic N) is 3. The topological polar surface area (TPSA) is 84.3 Å². The van der Waals surface area contributed by atoms with Crippen molar-refractivity contribution in [1.82, 2.24) is 14.1 Å². The molecule has 1 aliphatic heterocycles. The molecule has 1 saturated heterocycles. The highest BCUT2D eigenvalue weighted by Gasteiger charge is 2.36. The molecule has 2 heterocycles. The minimum atomic E-state index is -3.27. The number of carbonyl (C=O) groups is 1. The highest BCUT2D eigenvalue weighted by molar-refractivity contribution is 7.89. The van der Waals surface area contributed by atoms with Gasteiger partial charge in [-0.1, -0.05) is 12.1 Å². The third kappa shape index (κ3) is 4.06. The lowest BCUT2D eigenvalue weighted by Crippen LogP contribution is -2.47. The number of hydrogen-bond donors (Lipinski definition) is 1. The average molecular weight is 391 g/mol. The molecular formula is C19H26N4O3S. The van der Waals surface area contributed by atoms with E-state index < -0.39 is 10.0 Å². The van der Waals surface area contributed by atoms with Gasteiger partial charge in [0, 0.05) is 31.3 Å². The summed E-state index contributed by atoms with van der Waals surface area (Å²) in [6, 6.07) is 8.85. The van der Waals surface area contributed by atoms with Gasteiger partial charge in [0.05, 0.1) is 10.9 Å². The number of sulfonamides is 1. The molecule has 0 bridgehead atoms. The third-order valence-corrected chi connectivity index (χ3v) is 7.51. The molecule has 0 spiro atoms. The lowest BCUT2D eigenvalue weighted by molar-refractivity contribution is 0.102. The van der Waals surface area contributed by atoms with Crippen LogP contribution in [-0.2, 0) is 23.6 Å². The Morgan fingerprint density at radius 3 is 2.48 bits per heavy atom. The van der Waals surface area contributed by atoms with Crippen molar-refractivity contribution in [3.8, 4) is 0 Å². The lowest BCUT2D eigenvalue weighted by Gasteiger charge is -2.36. The SMILES string of the molecule is Cc1cc(NC(=O)c2ccc(CN3[C@@H](C)CCC(C)S3(=O)=O)cc2)n(C)n1. The van der Waals surface area contributed by atoms with Gasteiger partial charge in [0.15, 0.2) is 0 Å². The zero-order valence-electron chi connectivity index (χ0n) is 16.1. The van der Waals surface area contributed by atoms with Gasteiger partial charge in [-0.25, -0.2) is 8.42 Å². The van der Waals surface area contributed by atoms with Gasteiger partial charge in [-0.2, -0.15) is 9.40 Å². The molecule has 0 aliphatic carbocycles. The standard InChI is InChI=1S/C19H26N4O3S/c1-13-11-18(22(4)21-13)20-19(24)17-9-7-16(8-10-17)12-23-14(2)5-6-15(3)27(23,25)26/h7-11,14-15H,5-6,12H2,1-4H3,(H,20,24)/t14-,15?/m0/s1. The second-order valence-electron chi connectivity index (χ2n) is 7.27. The van der Waals surface area contributed by atoms with Crippen LogP contribution in [0.4, 0.5) is 5.82 Å². The van der Waals surface area contributed by atoms with Gasteiger partial charge < -0.3 is 5.32 Å². The molecule has 1 N–H and O–H groups in total. The first-order valence-corrected chi connectivity index (χ1v) is 10.6. The monoisotopic (exact) mass is 390 g/mol. The fourth-order valence-electron chi connectivity index (χ4n) is 3.35. The second-order valence-corrected chi connectivity index (χ2v) is 9.58. The summed E-state index contributed by atoms with van der Waals surface area (Å²) in [6.45, 7) is 5.90. The van der Waals surface area contributed by atoms with Crippen LogP contribution in [0.3, 0.4) is 0 Å². The molecule has 1 aromatic carbocycles. The highest BCUT2D eigenvalue weighted by atomic mass is 32.2. The van der Waals surface area contributed by atoms with Crippen molar-refractivity contribution in [1.29, 1.82) is 0 Å². The first-order valence-electron chi connectivity index (χ1n) is 9.10. The van der Waals surface area contributed by atoms with Gasteiger partial charge in [0.1, 0.15) is 5.82 Å². The zero-order valence-corrected chi connectivity index (χ0v) is 17.0. The first-order chi connectivity index (χ1) is 12.7. The summed E-state index contributed by atoms with van der Waals surface area (Å²) in [5, 5.41) is 6.69. The molecule has 1 fully saturated rings. The number of amides is 1. The number of benzene rings is 1. The number of nitrogens with one attached hydrogen (secondary N) is 1. The van der Waals surface area contributed by atoms with E-state index in [2.05, 4.69) is 10.4 Å². The van der Waals surface area contributed by atoms with E-state index >= 15 is 0 Å². The number of hydrogen-bond acceptors (Lipinski definition) is 4. The van der Waals surface area contributed by atoms with Crippen LogP contribution in [0.2, 0.25) is 0 Å². The van der Waals surface area contributed by atoms with Crippen LogP contribution in [0.25, 0.3) is 0 Å². The smallest absolute Gasteiger partial charge is 0.256 e. The number of anilines is 1. The molecule has 0 radical (unpaired) electrons. The largest absolute Gasteiger partial charge is 0.307 e. The highest BCUT2D eigenvalue weighted by Crippen LogP contribution is 2.28. The Hall–Kier alpha value is -2.19. The zero-order chi connectivity index (χ0) is 19.8. The van der Waals surface area contributed by atoms with Crippen molar-refractivity contribution >= 4 is 21.7 Å². The first kappa shape index (κ1) is 19.6. The predicted molar refractivity (Wildman–Crippen MR) is 105 cm³/mol. The molecule has 1 aliphatic rings. The second kappa shape index (κ2) is 7.44. The minimum Gasteiger partial charge on any atom is -0.307 e. The molecule has 7 nitrogen and oxygen atoms in total. The average Bonchev–Trinajstić information content (AvgIpc) is 2.93. The van der Waals surface area contributed by atoms with Crippen LogP contribution in [0.5, 0.6) is 0 Å². The van der Waals surface area contributed by atoms with Crippen molar-refractivity contribution < 1.29 is 13.2 Å². The van der Waals surface area contributed by atoms with Crippen molar-refractivity contribution in [2.75, 3.05) is 5.32 Å². The third-order valence-electron chi connectivity index (χ3n) is 5.12. The van der Waals surface area contributed by atoms with Crippen LogP contribution in [0.15, 0.2) is 30.3 Å². The Balaban J connectivity index is 1.71. The number of aryl methyl sites for hydroxylation is 2. The van der Waals surface area contributed by atoms with Crippen LogP contribution in [0, 0.1) is 6.92 Å². The summed E-state index contributed by atoms with van der Waals surface area (Å²) < 4.78 is 28.4. The van der Waals surface area contributed by atoms with E-state index in [9.17, 15) is 13.2 Å².